The number of aliphatic hydroxyl groups is 1. The van der Waals surface area contributed by atoms with E-state index in [0.29, 0.717) is 17.7 Å². The maximum Gasteiger partial charge on any atom is 0.251 e. The van der Waals surface area contributed by atoms with E-state index in [2.05, 4.69) is 10.6 Å². The Kier molecular flexibility index (Phi) is 5.16. The number of carbonyl (C=O) groups is 2. The van der Waals surface area contributed by atoms with Gasteiger partial charge in [0.1, 0.15) is 0 Å². The summed E-state index contributed by atoms with van der Waals surface area (Å²) in [6, 6.07) is 6.27. The number of carbonyl (C=O) groups excluding carboxylic acids is 2. The molecule has 2 atom stereocenters. The summed E-state index contributed by atoms with van der Waals surface area (Å²) in [5.74, 6) is -0.612. The highest BCUT2D eigenvalue weighted by atomic mass is 16.3. The first-order valence-corrected chi connectivity index (χ1v) is 7.17. The normalized spacial score (nSPS) is 21.6. The maximum absolute atomic E-state index is 11.8. The highest BCUT2D eigenvalue weighted by Crippen LogP contribution is 2.18. The zero-order valence-electron chi connectivity index (χ0n) is 11.8. The van der Waals surface area contributed by atoms with Gasteiger partial charge in [-0.05, 0) is 37.1 Å². The second-order valence-electron chi connectivity index (χ2n) is 5.33. The Morgan fingerprint density at radius 1 is 1.19 bits per heavy atom. The van der Waals surface area contributed by atoms with Crippen LogP contribution in [0.5, 0.6) is 0 Å². The van der Waals surface area contributed by atoms with Crippen molar-refractivity contribution in [2.75, 3.05) is 12.3 Å². The quantitative estimate of drug-likeness (QED) is 0.603. The summed E-state index contributed by atoms with van der Waals surface area (Å²) >= 11 is 0. The van der Waals surface area contributed by atoms with Crippen LogP contribution in [-0.4, -0.2) is 35.6 Å². The molecular formula is C15H21N3O3. The van der Waals surface area contributed by atoms with Gasteiger partial charge in [-0.25, -0.2) is 0 Å². The first-order chi connectivity index (χ1) is 10.1. The number of amides is 2. The minimum Gasteiger partial charge on any atom is -0.399 e. The first-order valence-electron chi connectivity index (χ1n) is 7.17. The van der Waals surface area contributed by atoms with E-state index < -0.39 is 6.10 Å². The minimum absolute atomic E-state index is 0.105. The standard InChI is InChI=1S/C15H21N3O3/c16-11-7-5-10(6-8-11)15(21)17-9-14(20)18-12-3-1-2-4-13(12)19/h5-8,12-13,19H,1-4,9,16H2,(H,17,21)(H,18,20). The van der Waals surface area contributed by atoms with Crippen LogP contribution in [0.1, 0.15) is 36.0 Å². The molecule has 1 aliphatic carbocycles. The molecule has 6 nitrogen and oxygen atoms in total. The molecule has 1 aromatic carbocycles. The Labute approximate surface area is 123 Å². The van der Waals surface area contributed by atoms with Crippen LogP contribution in [0, 0.1) is 0 Å². The molecule has 1 aliphatic rings. The fourth-order valence-electron chi connectivity index (χ4n) is 2.43. The second-order valence-corrected chi connectivity index (χ2v) is 5.33. The average Bonchev–Trinajstić information content (AvgIpc) is 2.48. The smallest absolute Gasteiger partial charge is 0.251 e. The van der Waals surface area contributed by atoms with E-state index in [1.165, 1.54) is 0 Å². The Hall–Kier alpha value is -2.08. The molecule has 0 saturated heterocycles. The van der Waals surface area contributed by atoms with Crippen molar-refractivity contribution in [3.05, 3.63) is 29.8 Å². The van der Waals surface area contributed by atoms with Crippen molar-refractivity contribution in [1.82, 2.24) is 10.6 Å². The van der Waals surface area contributed by atoms with Crippen LogP contribution in [0.2, 0.25) is 0 Å². The van der Waals surface area contributed by atoms with Gasteiger partial charge in [-0.3, -0.25) is 9.59 Å². The van der Waals surface area contributed by atoms with Gasteiger partial charge in [0.15, 0.2) is 0 Å². The third-order valence-electron chi connectivity index (χ3n) is 3.66. The molecule has 2 unspecified atom stereocenters. The summed E-state index contributed by atoms with van der Waals surface area (Å²) in [4.78, 5) is 23.6. The Morgan fingerprint density at radius 3 is 2.52 bits per heavy atom. The number of hydrogen-bond acceptors (Lipinski definition) is 4. The number of rotatable bonds is 4. The number of hydrogen-bond donors (Lipinski definition) is 4. The van der Waals surface area contributed by atoms with Gasteiger partial charge in [-0.15, -0.1) is 0 Å². The molecule has 0 heterocycles. The monoisotopic (exact) mass is 291 g/mol. The Balaban J connectivity index is 1.78. The summed E-state index contributed by atoms with van der Waals surface area (Å²) < 4.78 is 0. The van der Waals surface area contributed by atoms with Crippen molar-refractivity contribution in [2.45, 2.75) is 37.8 Å². The molecule has 1 fully saturated rings. The van der Waals surface area contributed by atoms with Crippen molar-refractivity contribution in [3.63, 3.8) is 0 Å². The van der Waals surface area contributed by atoms with Gasteiger partial charge >= 0.3 is 0 Å². The Morgan fingerprint density at radius 2 is 1.86 bits per heavy atom. The van der Waals surface area contributed by atoms with Crippen LogP contribution in [0.4, 0.5) is 5.69 Å². The molecule has 2 amide bonds. The summed E-state index contributed by atoms with van der Waals surface area (Å²) in [7, 11) is 0. The number of nitrogens with two attached hydrogens (primary N) is 1. The van der Waals surface area contributed by atoms with Gasteiger partial charge in [-0.1, -0.05) is 12.8 Å². The molecule has 5 N–H and O–H groups in total. The lowest BCUT2D eigenvalue weighted by Gasteiger charge is -2.28. The fraction of sp³-hybridized carbons (Fsp3) is 0.467. The van der Waals surface area contributed by atoms with Gasteiger partial charge in [0.2, 0.25) is 5.91 Å². The van der Waals surface area contributed by atoms with E-state index in [-0.39, 0.29) is 24.4 Å². The van der Waals surface area contributed by atoms with E-state index in [9.17, 15) is 14.7 Å². The summed E-state index contributed by atoms with van der Waals surface area (Å²) in [5.41, 5.74) is 6.58. The van der Waals surface area contributed by atoms with Crippen LogP contribution in [0.15, 0.2) is 24.3 Å². The molecule has 0 aromatic heterocycles. The molecule has 0 aliphatic heterocycles. The van der Waals surface area contributed by atoms with E-state index in [1.54, 1.807) is 24.3 Å². The van der Waals surface area contributed by atoms with Crippen molar-refractivity contribution in [2.24, 2.45) is 0 Å². The third kappa shape index (κ3) is 4.46. The van der Waals surface area contributed by atoms with E-state index in [0.717, 1.165) is 19.3 Å². The number of nitrogens with one attached hydrogen (secondary N) is 2. The lowest BCUT2D eigenvalue weighted by Crippen LogP contribution is -2.48. The highest BCUT2D eigenvalue weighted by Gasteiger charge is 2.24. The topological polar surface area (TPSA) is 104 Å². The van der Waals surface area contributed by atoms with Crippen LogP contribution < -0.4 is 16.4 Å². The molecule has 1 aromatic rings. The minimum atomic E-state index is -0.490. The van der Waals surface area contributed by atoms with Crippen LogP contribution in [-0.2, 0) is 4.79 Å². The zero-order chi connectivity index (χ0) is 15.2. The second kappa shape index (κ2) is 7.08. The van der Waals surface area contributed by atoms with E-state index in [1.807, 2.05) is 0 Å². The summed E-state index contributed by atoms with van der Waals surface area (Å²) in [5, 5.41) is 15.1. The van der Waals surface area contributed by atoms with Gasteiger partial charge in [0.25, 0.3) is 5.91 Å². The molecule has 0 radical (unpaired) electrons. The predicted molar refractivity (Wildman–Crippen MR) is 79.6 cm³/mol. The van der Waals surface area contributed by atoms with Crippen molar-refractivity contribution in [1.29, 1.82) is 0 Å². The molecule has 0 spiro atoms. The molecule has 114 valence electrons. The summed E-state index contributed by atoms with van der Waals surface area (Å²) in [6.45, 7) is -0.105. The van der Waals surface area contributed by atoms with Crippen LogP contribution >= 0.6 is 0 Å². The number of anilines is 1. The molecule has 0 bridgehead atoms. The molecule has 6 heteroatoms. The van der Waals surface area contributed by atoms with Crippen molar-refractivity contribution >= 4 is 17.5 Å². The van der Waals surface area contributed by atoms with E-state index >= 15 is 0 Å². The molecular weight excluding hydrogens is 270 g/mol. The van der Waals surface area contributed by atoms with Gasteiger partial charge in [-0.2, -0.15) is 0 Å². The zero-order valence-corrected chi connectivity index (χ0v) is 11.8. The number of nitrogen functional groups attached to an aromatic ring is 1. The predicted octanol–water partition coefficient (Wildman–Crippen LogP) is 0.418. The van der Waals surface area contributed by atoms with Crippen LogP contribution in [0.3, 0.4) is 0 Å². The number of aliphatic hydroxyl groups excluding tert-OH is 1. The fourth-order valence-corrected chi connectivity index (χ4v) is 2.43. The third-order valence-corrected chi connectivity index (χ3v) is 3.66. The van der Waals surface area contributed by atoms with Crippen molar-refractivity contribution in [3.8, 4) is 0 Å². The first kappa shape index (κ1) is 15.3. The highest BCUT2D eigenvalue weighted by molar-refractivity contribution is 5.96. The number of benzene rings is 1. The van der Waals surface area contributed by atoms with Gasteiger partial charge in [0.05, 0.1) is 18.7 Å². The van der Waals surface area contributed by atoms with Gasteiger partial charge < -0.3 is 21.5 Å². The van der Waals surface area contributed by atoms with Gasteiger partial charge in [0, 0.05) is 11.3 Å². The Bertz CT molecular complexity index is 501. The average molecular weight is 291 g/mol. The lowest BCUT2D eigenvalue weighted by atomic mass is 9.92. The van der Waals surface area contributed by atoms with Crippen molar-refractivity contribution < 1.29 is 14.7 Å². The SMILES string of the molecule is Nc1ccc(C(=O)NCC(=O)NC2CCCCC2O)cc1. The largest absolute Gasteiger partial charge is 0.399 e. The summed E-state index contributed by atoms with van der Waals surface area (Å²) in [6.07, 6.45) is 2.98. The molecule has 1 saturated carbocycles. The maximum atomic E-state index is 11.8. The molecule has 21 heavy (non-hydrogen) atoms. The molecule has 2 rings (SSSR count). The lowest BCUT2D eigenvalue weighted by molar-refractivity contribution is -0.122. The van der Waals surface area contributed by atoms with Crippen LogP contribution in [0.25, 0.3) is 0 Å². The van der Waals surface area contributed by atoms with E-state index in [4.69, 9.17) is 5.73 Å².